The van der Waals surface area contributed by atoms with Gasteiger partial charge >= 0.3 is 12.1 Å². The van der Waals surface area contributed by atoms with Gasteiger partial charge in [-0.05, 0) is 6.42 Å². The van der Waals surface area contributed by atoms with Crippen LogP contribution in [-0.4, -0.2) is 71.1 Å². The first-order valence-corrected chi connectivity index (χ1v) is 11.9. The summed E-state index contributed by atoms with van der Waals surface area (Å²) in [5, 5.41) is 9.66. The molecule has 4 heterocycles. The van der Waals surface area contributed by atoms with E-state index in [1.165, 1.54) is 17.3 Å². The van der Waals surface area contributed by atoms with E-state index in [1.54, 1.807) is 19.4 Å². The van der Waals surface area contributed by atoms with E-state index in [4.69, 9.17) is 26.2 Å². The average Bonchev–Trinajstić information content (AvgIpc) is 3.25. The number of hydrogen-bond donors (Lipinski definition) is 1. The second-order valence-corrected chi connectivity index (χ2v) is 9.54. The van der Waals surface area contributed by atoms with Crippen LogP contribution in [-0.2, 0) is 4.79 Å². The molecule has 0 aliphatic carbocycles. The molecule has 4 rings (SSSR count). The normalized spacial score (nSPS) is 24.6. The van der Waals surface area contributed by atoms with E-state index in [0.717, 1.165) is 5.69 Å². The van der Waals surface area contributed by atoms with Crippen LogP contribution in [0.3, 0.4) is 0 Å². The van der Waals surface area contributed by atoms with E-state index < -0.39 is 30.5 Å². The summed E-state index contributed by atoms with van der Waals surface area (Å²) in [4.78, 5) is 27.3. The highest BCUT2D eigenvalue weighted by atomic mass is 35.5. The Bertz CT molecular complexity index is 1070. The highest BCUT2D eigenvalue weighted by Crippen LogP contribution is 2.39. The summed E-state index contributed by atoms with van der Waals surface area (Å²) in [7, 11) is 1.54. The average molecular weight is 530 g/mol. The zero-order valence-electron chi connectivity index (χ0n) is 19.8. The molecule has 13 heteroatoms. The van der Waals surface area contributed by atoms with Gasteiger partial charge in [0.1, 0.15) is 11.9 Å². The topological polar surface area (TPSA) is 101 Å². The molecular formula is C23H27ClF3N5O4. The molecule has 2 aromatic rings. The molecule has 0 aromatic carbocycles. The van der Waals surface area contributed by atoms with Crippen molar-refractivity contribution in [3.63, 3.8) is 0 Å². The monoisotopic (exact) mass is 529 g/mol. The van der Waals surface area contributed by atoms with Gasteiger partial charge in [-0.1, -0.05) is 18.5 Å². The lowest BCUT2D eigenvalue weighted by atomic mass is 9.96. The first kappa shape index (κ1) is 26.1. The molecule has 2 fully saturated rings. The molecule has 2 aliphatic heterocycles. The van der Waals surface area contributed by atoms with Crippen molar-refractivity contribution in [3.05, 3.63) is 29.7 Å². The maximum absolute atomic E-state index is 13.3. The van der Waals surface area contributed by atoms with Crippen LogP contribution in [0.25, 0.3) is 0 Å². The third-order valence-corrected chi connectivity index (χ3v) is 6.95. The molecule has 36 heavy (non-hydrogen) atoms. The number of carboxylic acid groups (broad SMARTS) is 1. The molecular weight excluding hydrogens is 503 g/mol. The number of anilines is 2. The molecule has 2 aromatic heterocycles. The summed E-state index contributed by atoms with van der Waals surface area (Å²) >= 11 is 6.33. The van der Waals surface area contributed by atoms with Gasteiger partial charge in [0, 0.05) is 44.1 Å². The Morgan fingerprint density at radius 1 is 1.19 bits per heavy atom. The highest BCUT2D eigenvalue weighted by molar-refractivity contribution is 6.33. The summed E-state index contributed by atoms with van der Waals surface area (Å²) in [6.45, 7) is 3.04. The van der Waals surface area contributed by atoms with E-state index in [9.17, 15) is 18.0 Å². The maximum Gasteiger partial charge on any atom is 0.393 e. The fourth-order valence-corrected chi connectivity index (χ4v) is 5.01. The Kier molecular flexibility index (Phi) is 7.62. The lowest BCUT2D eigenvalue weighted by Gasteiger charge is -2.38. The first-order valence-electron chi connectivity index (χ1n) is 11.5. The summed E-state index contributed by atoms with van der Waals surface area (Å²) in [5.41, 5.74) is 0.830. The number of halogens is 4. The number of rotatable bonds is 7. The van der Waals surface area contributed by atoms with Crippen LogP contribution in [0.2, 0.25) is 5.02 Å². The lowest BCUT2D eigenvalue weighted by molar-refractivity contribution is -0.169. The van der Waals surface area contributed by atoms with Crippen molar-refractivity contribution >= 4 is 29.1 Å². The van der Waals surface area contributed by atoms with Gasteiger partial charge < -0.3 is 24.4 Å². The van der Waals surface area contributed by atoms with Crippen molar-refractivity contribution < 1.29 is 32.5 Å². The Hall–Kier alpha value is -3.02. The minimum atomic E-state index is -4.40. The second kappa shape index (κ2) is 10.5. The van der Waals surface area contributed by atoms with Crippen LogP contribution in [0.1, 0.15) is 26.2 Å². The molecule has 2 saturated heterocycles. The number of ether oxygens (including phenoxy) is 2. The van der Waals surface area contributed by atoms with Crippen LogP contribution in [0.4, 0.5) is 24.7 Å². The molecule has 0 radical (unpaired) electrons. The van der Waals surface area contributed by atoms with Gasteiger partial charge in [0.2, 0.25) is 11.8 Å². The van der Waals surface area contributed by atoms with Crippen LogP contribution in [0, 0.1) is 11.8 Å². The number of alkyl halides is 3. The largest absolute Gasteiger partial charge is 0.481 e. The molecule has 0 bridgehead atoms. The van der Waals surface area contributed by atoms with E-state index in [1.807, 2.05) is 6.92 Å². The highest BCUT2D eigenvalue weighted by Gasteiger charge is 2.48. The third-order valence-electron chi connectivity index (χ3n) is 6.65. The Morgan fingerprint density at radius 3 is 2.56 bits per heavy atom. The van der Waals surface area contributed by atoms with Crippen LogP contribution in [0.15, 0.2) is 24.7 Å². The number of methoxy groups -OCH3 is 1. The van der Waals surface area contributed by atoms with Gasteiger partial charge in [0.05, 0.1) is 48.7 Å². The van der Waals surface area contributed by atoms with Crippen molar-refractivity contribution in [1.29, 1.82) is 0 Å². The smallest absolute Gasteiger partial charge is 0.393 e. The van der Waals surface area contributed by atoms with Gasteiger partial charge in [-0.25, -0.2) is 15.0 Å². The van der Waals surface area contributed by atoms with Crippen molar-refractivity contribution in [1.82, 2.24) is 15.0 Å². The Labute approximate surface area is 211 Å². The fraction of sp³-hybridized carbons (Fsp3) is 0.565. The van der Waals surface area contributed by atoms with Gasteiger partial charge in [0.25, 0.3) is 0 Å². The van der Waals surface area contributed by atoms with E-state index in [0.29, 0.717) is 30.4 Å². The number of carbonyl (C=O) groups is 1. The molecule has 2 aliphatic rings. The number of hydrogen-bond acceptors (Lipinski definition) is 8. The second-order valence-electron chi connectivity index (χ2n) is 9.14. The van der Waals surface area contributed by atoms with Crippen LogP contribution >= 0.6 is 11.6 Å². The van der Waals surface area contributed by atoms with E-state index >= 15 is 0 Å². The summed E-state index contributed by atoms with van der Waals surface area (Å²) in [6.07, 6.45) is -0.300. The summed E-state index contributed by atoms with van der Waals surface area (Å²) in [6, 6.07) is 0.984. The molecule has 0 amide bonds. The Morgan fingerprint density at radius 2 is 1.94 bits per heavy atom. The minimum absolute atomic E-state index is 0.113. The van der Waals surface area contributed by atoms with Crippen molar-refractivity contribution in [2.24, 2.45) is 11.8 Å². The summed E-state index contributed by atoms with van der Waals surface area (Å²) in [5.74, 6) is -1.73. The molecule has 4 atom stereocenters. The van der Waals surface area contributed by atoms with Gasteiger partial charge in [0.15, 0.2) is 0 Å². The molecule has 196 valence electrons. The van der Waals surface area contributed by atoms with Crippen LogP contribution < -0.4 is 19.3 Å². The van der Waals surface area contributed by atoms with Gasteiger partial charge in [-0.2, -0.15) is 13.2 Å². The number of carboxylic acids is 1. The molecule has 0 spiro atoms. The van der Waals surface area contributed by atoms with Crippen molar-refractivity contribution in [3.8, 4) is 11.8 Å². The predicted octanol–water partition coefficient (Wildman–Crippen LogP) is 4.06. The molecule has 0 saturated carbocycles. The zero-order chi connectivity index (χ0) is 26.0. The molecule has 1 N–H and O–H groups in total. The zero-order valence-corrected chi connectivity index (χ0v) is 20.5. The number of nitrogens with zero attached hydrogens (tertiary/aromatic N) is 5. The fourth-order valence-electron chi connectivity index (χ4n) is 4.78. The quantitative estimate of drug-likeness (QED) is 0.569. The number of piperidine rings is 1. The maximum atomic E-state index is 13.3. The van der Waals surface area contributed by atoms with Gasteiger partial charge in [-0.3, -0.25) is 4.79 Å². The van der Waals surface area contributed by atoms with E-state index in [2.05, 4.69) is 19.9 Å². The molecule has 1 unspecified atom stereocenters. The van der Waals surface area contributed by atoms with Crippen LogP contribution in [0.5, 0.6) is 11.8 Å². The number of aromatic nitrogens is 3. The van der Waals surface area contributed by atoms with Crippen molar-refractivity contribution in [2.75, 3.05) is 36.5 Å². The standard InChI is InChI=1S/C23H27ClF3N5O4/c1-13-11-31(17-7-20(35-2)29-8-16(17)24)4-3-18(13)36-21-10-28-19(9-30-21)32-12-14(23(25,26)27)5-15(32)6-22(33)34/h7-10,13-15,18H,3-6,11-12H2,1-2H3,(H,33,34)/t13-,14-,15-,18?/m1/s1. The SMILES string of the molecule is COc1cc(N2CCC(Oc3cnc(N4C[C@H](C(F)(F)F)C[C@@H]4CC(=O)O)cn3)[C@H](C)C2)c(Cl)cn1. The van der Waals surface area contributed by atoms with E-state index in [-0.39, 0.29) is 36.7 Å². The van der Waals surface area contributed by atoms with Crippen molar-refractivity contribution in [2.45, 2.75) is 44.5 Å². The first-order chi connectivity index (χ1) is 17.0. The summed E-state index contributed by atoms with van der Waals surface area (Å²) < 4.78 is 51.0. The predicted molar refractivity (Wildman–Crippen MR) is 126 cm³/mol. The number of aliphatic carboxylic acids is 1. The minimum Gasteiger partial charge on any atom is -0.481 e. The molecule has 9 nitrogen and oxygen atoms in total. The third kappa shape index (κ3) is 5.85. The lowest BCUT2D eigenvalue weighted by Crippen LogP contribution is -2.44. The van der Waals surface area contributed by atoms with Gasteiger partial charge in [-0.15, -0.1) is 0 Å². The Balaban J connectivity index is 1.40. The number of pyridine rings is 1.